The van der Waals surface area contributed by atoms with Crippen LogP contribution in [0, 0.1) is 17.2 Å². The lowest BCUT2D eigenvalue weighted by atomic mass is 10.0. The number of carboxylic acid groups (broad SMARTS) is 1. The minimum absolute atomic E-state index is 0.139. The first-order valence-corrected chi connectivity index (χ1v) is 10.3. The maximum absolute atomic E-state index is 12.0. The molecule has 1 aromatic heterocycles. The average molecular weight is 436 g/mol. The largest absolute Gasteiger partial charge is 0.494 e. The molecule has 0 fully saturated rings. The van der Waals surface area contributed by atoms with E-state index in [4.69, 9.17) is 14.7 Å². The molecule has 32 heavy (non-hydrogen) atoms. The van der Waals surface area contributed by atoms with E-state index in [0.717, 1.165) is 16.3 Å². The average Bonchev–Trinajstić information content (AvgIpc) is 3.27. The fourth-order valence-electron chi connectivity index (χ4n) is 3.15. The molecular weight excluding hydrogens is 412 g/mol. The number of hydrogen-bond acceptors (Lipinski definition) is 7. The summed E-state index contributed by atoms with van der Waals surface area (Å²) in [4.78, 5) is 23.5. The van der Waals surface area contributed by atoms with E-state index in [9.17, 15) is 14.7 Å². The second kappa shape index (κ2) is 10.4. The van der Waals surface area contributed by atoms with Crippen molar-refractivity contribution >= 4 is 22.7 Å². The molecular formula is C23H24N4O5. The molecule has 166 valence electrons. The summed E-state index contributed by atoms with van der Waals surface area (Å²) in [6.45, 7) is 3.87. The number of aromatic nitrogens is 3. The van der Waals surface area contributed by atoms with Gasteiger partial charge in [-0.05, 0) is 55.2 Å². The molecule has 2 N–H and O–H groups in total. The molecule has 0 aliphatic carbocycles. The van der Waals surface area contributed by atoms with Crippen molar-refractivity contribution < 1.29 is 24.2 Å². The molecule has 3 rings (SSSR count). The van der Waals surface area contributed by atoms with Crippen LogP contribution in [-0.4, -0.2) is 45.2 Å². The highest BCUT2D eigenvalue weighted by molar-refractivity contribution is 5.94. The number of esters is 1. The van der Waals surface area contributed by atoms with Crippen LogP contribution in [-0.2, 0) is 14.3 Å². The lowest BCUT2D eigenvalue weighted by Crippen LogP contribution is -2.29. The Bertz CT molecular complexity index is 1150. The van der Waals surface area contributed by atoms with E-state index in [2.05, 4.69) is 15.4 Å². The fraction of sp³-hybridized carbons (Fsp3) is 0.348. The minimum atomic E-state index is -1.20. The lowest BCUT2D eigenvalue weighted by Gasteiger charge is -2.16. The number of fused-ring (bicyclic) bond motifs is 1. The first kappa shape index (κ1) is 22.7. The van der Waals surface area contributed by atoms with Crippen LogP contribution < -0.4 is 4.74 Å². The maximum atomic E-state index is 12.0. The number of rotatable bonds is 10. The number of H-pyrrole nitrogens is 1. The molecule has 1 heterocycles. The molecule has 0 amide bonds. The number of hydrogen-bond donors (Lipinski definition) is 2. The topological polar surface area (TPSA) is 138 Å². The molecule has 0 spiro atoms. The summed E-state index contributed by atoms with van der Waals surface area (Å²) in [7, 11) is 0. The van der Waals surface area contributed by atoms with Crippen molar-refractivity contribution in [1.29, 1.82) is 5.26 Å². The van der Waals surface area contributed by atoms with Crippen molar-refractivity contribution in [3.8, 4) is 23.1 Å². The number of carbonyl (C=O) groups is 2. The van der Waals surface area contributed by atoms with Gasteiger partial charge in [0.15, 0.2) is 11.6 Å². The Morgan fingerprint density at radius 1 is 1.19 bits per heavy atom. The predicted molar refractivity (Wildman–Crippen MR) is 116 cm³/mol. The Labute approximate surface area is 185 Å². The maximum Gasteiger partial charge on any atom is 0.320 e. The summed E-state index contributed by atoms with van der Waals surface area (Å²) in [5.74, 6) is -2.46. The number of nitrogens with one attached hydrogen (secondary N) is 1. The van der Waals surface area contributed by atoms with E-state index in [-0.39, 0.29) is 24.8 Å². The normalized spacial score (nSPS) is 12.7. The number of ether oxygens (including phenoxy) is 2. The zero-order valence-electron chi connectivity index (χ0n) is 17.9. The van der Waals surface area contributed by atoms with Gasteiger partial charge in [-0.2, -0.15) is 15.6 Å². The highest BCUT2D eigenvalue weighted by atomic mass is 16.5. The summed E-state index contributed by atoms with van der Waals surface area (Å²) < 4.78 is 10.9. The molecule has 3 aromatic rings. The first-order valence-electron chi connectivity index (χ1n) is 10.3. The van der Waals surface area contributed by atoms with Crippen molar-refractivity contribution in [2.45, 2.75) is 39.2 Å². The zero-order valence-corrected chi connectivity index (χ0v) is 17.9. The number of carboxylic acids is 1. The molecule has 9 heteroatoms. The van der Waals surface area contributed by atoms with Crippen LogP contribution in [0.1, 0.15) is 38.8 Å². The Morgan fingerprint density at radius 3 is 2.66 bits per heavy atom. The van der Waals surface area contributed by atoms with Gasteiger partial charge in [-0.25, -0.2) is 0 Å². The smallest absolute Gasteiger partial charge is 0.320 e. The van der Waals surface area contributed by atoms with E-state index in [1.807, 2.05) is 49.4 Å². The third kappa shape index (κ3) is 5.40. The quantitative estimate of drug-likeness (QED) is 0.279. The number of aromatic amines is 1. The Kier molecular flexibility index (Phi) is 7.39. The van der Waals surface area contributed by atoms with E-state index in [1.165, 1.54) is 0 Å². The van der Waals surface area contributed by atoms with E-state index in [0.29, 0.717) is 24.3 Å². The van der Waals surface area contributed by atoms with Gasteiger partial charge < -0.3 is 14.6 Å². The monoisotopic (exact) mass is 436 g/mol. The molecule has 0 radical (unpaired) electrons. The van der Waals surface area contributed by atoms with Crippen LogP contribution in [0.25, 0.3) is 22.0 Å². The molecule has 9 nitrogen and oxygen atoms in total. The van der Waals surface area contributed by atoms with Crippen molar-refractivity contribution in [2.24, 2.45) is 5.92 Å². The van der Waals surface area contributed by atoms with Gasteiger partial charge in [-0.15, -0.1) is 5.10 Å². The number of nitriles is 1. The second-order valence-corrected chi connectivity index (χ2v) is 7.39. The van der Waals surface area contributed by atoms with Gasteiger partial charge in [0, 0.05) is 5.56 Å². The zero-order chi connectivity index (χ0) is 23.1. The van der Waals surface area contributed by atoms with Gasteiger partial charge in [0.05, 0.1) is 12.7 Å². The Morgan fingerprint density at radius 2 is 1.94 bits per heavy atom. The van der Waals surface area contributed by atoms with Crippen LogP contribution >= 0.6 is 0 Å². The van der Waals surface area contributed by atoms with Crippen LogP contribution in [0.2, 0.25) is 0 Å². The van der Waals surface area contributed by atoms with Crippen LogP contribution in [0.15, 0.2) is 36.4 Å². The van der Waals surface area contributed by atoms with E-state index < -0.39 is 17.9 Å². The molecule has 0 aliphatic rings. The highest BCUT2D eigenvalue weighted by Gasteiger charge is 2.28. The van der Waals surface area contributed by atoms with Gasteiger partial charge in [-0.1, -0.05) is 25.1 Å². The summed E-state index contributed by atoms with van der Waals surface area (Å²) in [6, 6.07) is 13.3. The van der Waals surface area contributed by atoms with Crippen LogP contribution in [0.3, 0.4) is 0 Å². The molecule has 2 atom stereocenters. The summed E-state index contributed by atoms with van der Waals surface area (Å²) in [5, 5.41) is 30.6. The van der Waals surface area contributed by atoms with Crippen LogP contribution in [0.4, 0.5) is 0 Å². The van der Waals surface area contributed by atoms with Gasteiger partial charge in [0.2, 0.25) is 0 Å². The van der Waals surface area contributed by atoms with Gasteiger partial charge in [0.25, 0.3) is 0 Å². The first-order chi connectivity index (χ1) is 15.4. The van der Waals surface area contributed by atoms with Gasteiger partial charge in [-0.3, -0.25) is 9.59 Å². The number of aliphatic carboxylic acids is 1. The van der Waals surface area contributed by atoms with Crippen LogP contribution in [0.5, 0.6) is 5.75 Å². The summed E-state index contributed by atoms with van der Waals surface area (Å²) in [6.07, 6.45) is 0.852. The molecule has 2 unspecified atom stereocenters. The predicted octanol–water partition coefficient (Wildman–Crippen LogP) is 3.70. The molecule has 0 saturated heterocycles. The number of nitrogens with zero attached hydrogens (tertiary/aromatic N) is 3. The second-order valence-electron chi connectivity index (χ2n) is 7.39. The Balaban J connectivity index is 1.59. The molecule has 0 bridgehead atoms. The minimum Gasteiger partial charge on any atom is -0.494 e. The van der Waals surface area contributed by atoms with E-state index in [1.54, 1.807) is 6.92 Å². The third-order valence-corrected chi connectivity index (χ3v) is 5.12. The summed E-state index contributed by atoms with van der Waals surface area (Å²) >= 11 is 0. The van der Waals surface area contributed by atoms with Crippen molar-refractivity contribution in [3.63, 3.8) is 0 Å². The van der Waals surface area contributed by atoms with Crippen molar-refractivity contribution in [2.75, 3.05) is 6.61 Å². The summed E-state index contributed by atoms with van der Waals surface area (Å²) in [5.41, 5.74) is 1.51. The van der Waals surface area contributed by atoms with E-state index >= 15 is 0 Å². The molecule has 2 aromatic carbocycles. The molecule has 0 aliphatic heterocycles. The standard InChI is InChI=1S/C23H24N4O5/c1-3-14(2)32-23(30)19(22(28)29)5-4-10-31-18-9-8-15-11-17(7-6-16(15)12-18)21-20(13-24)25-27-26-21/h6-9,11-12,14,19H,3-5,10H2,1-2H3,(H,28,29)(H,25,26,27). The fourth-order valence-corrected chi connectivity index (χ4v) is 3.15. The van der Waals surface area contributed by atoms with Gasteiger partial charge in [0.1, 0.15) is 17.5 Å². The Hall–Kier alpha value is -3.93. The number of carbonyl (C=O) groups excluding carboxylic acids is 1. The third-order valence-electron chi connectivity index (χ3n) is 5.12. The van der Waals surface area contributed by atoms with Crippen molar-refractivity contribution in [3.05, 3.63) is 42.1 Å². The molecule has 0 saturated carbocycles. The van der Waals surface area contributed by atoms with Crippen molar-refractivity contribution in [1.82, 2.24) is 15.4 Å². The number of benzene rings is 2. The SMILES string of the molecule is CCC(C)OC(=O)C(CCCOc1ccc2cc(-c3n[nH]nc3C#N)ccc2c1)C(=O)O. The highest BCUT2D eigenvalue weighted by Crippen LogP contribution is 2.27. The lowest BCUT2D eigenvalue weighted by molar-refractivity contribution is -0.162. The van der Waals surface area contributed by atoms with Gasteiger partial charge >= 0.3 is 11.9 Å².